The van der Waals surface area contributed by atoms with Crippen LogP contribution in [0.1, 0.15) is 49.9 Å². The summed E-state index contributed by atoms with van der Waals surface area (Å²) in [6.07, 6.45) is -7.93. The van der Waals surface area contributed by atoms with E-state index in [1.807, 2.05) is 0 Å². The van der Waals surface area contributed by atoms with Crippen molar-refractivity contribution in [1.29, 1.82) is 0 Å². The largest absolute Gasteiger partial charge is 0.420 e. The van der Waals surface area contributed by atoms with Gasteiger partial charge in [0.2, 0.25) is 40.7 Å². The lowest BCUT2D eigenvalue weighted by Gasteiger charge is -2.40. The van der Waals surface area contributed by atoms with E-state index in [0.717, 1.165) is 0 Å². The highest BCUT2D eigenvalue weighted by molar-refractivity contribution is 7.52. The fourth-order valence-corrected chi connectivity index (χ4v) is 10.8. The van der Waals surface area contributed by atoms with E-state index in [4.69, 9.17) is 47.4 Å². The summed E-state index contributed by atoms with van der Waals surface area (Å²) in [5.74, 6) is -16.4. The number of rotatable bonds is 47. The van der Waals surface area contributed by atoms with E-state index >= 15 is 0 Å². The molecule has 0 aliphatic heterocycles. The molecule has 0 saturated heterocycles. The van der Waals surface area contributed by atoms with Crippen LogP contribution in [0, 0.1) is 40.9 Å². The maximum atomic E-state index is 13.8. The number of ether oxygens (including phenoxy) is 11. The standard InChI is InChI=1S/C53H84F5N7O25P2/c54-42-43(55)45(57)53(46(58)44(42)56)90-41(67)4-10-81-16-15-80-9-3-40(66)59-37(31-86-23-21-84-19-17-82-13-7-64-29-35(60-62-64)1-11-88-38-27-33(5-25-91(74,75)76)47(68)51(72)49(38)70)32-87-24-22-85-20-18-83-14-8-65-30-36(61-63-65)2-12-89-39-28-34(6-26-92(77,78)79)48(69)52(73)50(39)71/h29-30,33-34,37-39,47-52,68-73H,1-28,31-32H2,(H,59,66)(H2,74,75,76)(H2,77,78,79)/t33-,34-,38-,39-,47+,48+,49+,50+,51-,52-/m0/s1. The molecule has 11 N–H and O–H groups in total. The molecule has 2 aliphatic carbocycles. The molecule has 39 heteroatoms. The number of nitrogens with zero attached hydrogens (tertiary/aromatic N) is 6. The van der Waals surface area contributed by atoms with E-state index in [9.17, 15) is 90.9 Å². The van der Waals surface area contributed by atoms with Crippen LogP contribution in [0.4, 0.5) is 22.0 Å². The monoisotopic (exact) mass is 1380 g/mol. The van der Waals surface area contributed by atoms with Crippen LogP contribution in [0.3, 0.4) is 0 Å². The lowest BCUT2D eigenvalue weighted by Crippen LogP contribution is -2.54. The van der Waals surface area contributed by atoms with Crippen LogP contribution in [0.2, 0.25) is 0 Å². The molecule has 92 heavy (non-hydrogen) atoms. The van der Waals surface area contributed by atoms with Crippen molar-refractivity contribution in [3.05, 3.63) is 52.9 Å². The van der Waals surface area contributed by atoms with Gasteiger partial charge in [-0.25, -0.2) is 22.5 Å². The van der Waals surface area contributed by atoms with Crippen molar-refractivity contribution in [2.75, 3.05) is 131 Å². The topological polar surface area (TPSA) is 446 Å². The fourth-order valence-electron chi connectivity index (χ4n) is 9.45. The third-order valence-electron chi connectivity index (χ3n) is 14.4. The van der Waals surface area contributed by atoms with Gasteiger partial charge in [-0.2, -0.15) is 8.78 Å². The number of aromatic nitrogens is 6. The summed E-state index contributed by atoms with van der Waals surface area (Å²) < 4.78 is 154. The quantitative estimate of drug-likeness (QED) is 0.00581. The van der Waals surface area contributed by atoms with E-state index in [0.29, 0.717) is 37.3 Å². The zero-order valence-electron chi connectivity index (χ0n) is 50.3. The number of carbonyl (C=O) groups excluding carboxylic acids is 2. The van der Waals surface area contributed by atoms with Crippen LogP contribution in [-0.2, 0) is 92.0 Å². The van der Waals surface area contributed by atoms with Gasteiger partial charge in [0.25, 0.3) is 0 Å². The molecule has 5 rings (SSSR count). The first-order valence-corrected chi connectivity index (χ1v) is 33.2. The number of halogens is 5. The highest BCUT2D eigenvalue weighted by Gasteiger charge is 2.45. The highest BCUT2D eigenvalue weighted by Crippen LogP contribution is 2.41. The van der Waals surface area contributed by atoms with Crippen molar-refractivity contribution in [3.8, 4) is 5.75 Å². The maximum Gasteiger partial charge on any atom is 0.325 e. The second kappa shape index (κ2) is 41.0. The molecule has 1 aromatic carbocycles. The van der Waals surface area contributed by atoms with Gasteiger partial charge in [-0.1, -0.05) is 10.4 Å². The number of nitrogens with one attached hydrogen (secondary N) is 1. The Morgan fingerprint density at radius 3 is 1.28 bits per heavy atom. The Morgan fingerprint density at radius 2 is 0.870 bits per heavy atom. The Bertz CT molecular complexity index is 2590. The first-order chi connectivity index (χ1) is 43.8. The van der Waals surface area contributed by atoms with Crippen molar-refractivity contribution in [3.63, 3.8) is 0 Å². The predicted octanol–water partition coefficient (Wildman–Crippen LogP) is -1.54. The van der Waals surface area contributed by atoms with Crippen molar-refractivity contribution in [2.45, 2.75) is 119 Å². The average Bonchev–Trinajstić information content (AvgIpc) is 1.16. The minimum atomic E-state index is -4.33. The summed E-state index contributed by atoms with van der Waals surface area (Å²) in [6, 6.07) is -0.621. The van der Waals surface area contributed by atoms with Crippen LogP contribution < -0.4 is 10.1 Å². The molecule has 2 saturated carbocycles. The minimum absolute atomic E-state index is 0.0283. The van der Waals surface area contributed by atoms with Gasteiger partial charge in [-0.3, -0.25) is 18.7 Å². The summed E-state index contributed by atoms with van der Waals surface area (Å²) in [6.45, 7) is 2.54. The number of amides is 1. The van der Waals surface area contributed by atoms with Crippen molar-refractivity contribution in [2.24, 2.45) is 11.8 Å². The molecule has 0 spiro atoms. The Labute approximate surface area is 525 Å². The molecule has 2 fully saturated rings. The second-order valence-electron chi connectivity index (χ2n) is 21.5. The third kappa shape index (κ3) is 28.6. The van der Waals surface area contributed by atoms with Crippen LogP contribution in [0.5, 0.6) is 5.75 Å². The summed E-state index contributed by atoms with van der Waals surface area (Å²) in [4.78, 5) is 61.7. The number of carbonyl (C=O) groups is 2. The fraction of sp³-hybridized carbons (Fsp3) is 0.774. The Morgan fingerprint density at radius 1 is 0.500 bits per heavy atom. The average molecular weight is 1380 g/mol. The van der Waals surface area contributed by atoms with Crippen LogP contribution in [-0.4, -0.2) is 278 Å². The van der Waals surface area contributed by atoms with E-state index < -0.39 is 147 Å². The SMILES string of the molecule is O=C(CCOCCOCCC(=O)Oc1c(F)c(F)c(F)c(F)c1F)NC(COCCOCCOCCn1cc(CCO[C@H]2C[C@H](CCP(=O)(O)O)[C@@H](O)[C@H](O)[C@@H]2O)nn1)COCCOCCOCCn1cc(CCO[C@H]2C[C@H](CCP(=O)(O)O)[C@@H](O)[C@H](O)[C@@H]2O)nn1. The zero-order chi connectivity index (χ0) is 67.2. The van der Waals surface area contributed by atoms with Crippen molar-refractivity contribution in [1.82, 2.24) is 35.3 Å². The number of esters is 1. The first kappa shape index (κ1) is 78.4. The van der Waals surface area contributed by atoms with Gasteiger partial charge in [-0.15, -0.1) is 10.2 Å². The second-order valence-corrected chi connectivity index (χ2v) is 25.1. The number of benzene rings is 1. The van der Waals surface area contributed by atoms with Gasteiger partial charge >= 0.3 is 21.2 Å². The van der Waals surface area contributed by atoms with E-state index in [1.54, 1.807) is 21.8 Å². The molecule has 1 amide bonds. The molecule has 3 aromatic rings. The Balaban J connectivity index is 0.927. The molecular formula is C53H84F5N7O25P2. The normalized spacial score (nSPS) is 22.2. The van der Waals surface area contributed by atoms with Gasteiger partial charge in [0, 0.05) is 31.7 Å². The number of aliphatic hydroxyl groups is 6. The van der Waals surface area contributed by atoms with E-state index in [1.165, 1.54) is 0 Å². The van der Waals surface area contributed by atoms with Gasteiger partial charge in [0.15, 0.2) is 0 Å². The van der Waals surface area contributed by atoms with Gasteiger partial charge < -0.3 is 108 Å². The highest BCUT2D eigenvalue weighted by atomic mass is 31.2. The first-order valence-electron chi connectivity index (χ1n) is 29.6. The zero-order valence-corrected chi connectivity index (χ0v) is 52.1. The molecule has 0 radical (unpaired) electrons. The number of aliphatic hydroxyl groups excluding tert-OH is 6. The lowest BCUT2D eigenvalue weighted by atomic mass is 9.79. The summed E-state index contributed by atoms with van der Waals surface area (Å²) in [5, 5.41) is 81.1. The maximum absolute atomic E-state index is 13.8. The summed E-state index contributed by atoms with van der Waals surface area (Å²) in [5.41, 5.74) is 1.15. The molecule has 526 valence electrons. The Hall–Kier alpha value is -4.25. The smallest absolute Gasteiger partial charge is 0.325 e. The van der Waals surface area contributed by atoms with E-state index in [-0.39, 0.29) is 151 Å². The number of hydrogen-bond acceptors (Lipinski definition) is 25. The van der Waals surface area contributed by atoms with Gasteiger partial charge in [0.05, 0.1) is 193 Å². The minimum Gasteiger partial charge on any atom is -0.420 e. The lowest BCUT2D eigenvalue weighted by molar-refractivity contribution is -0.172. The van der Waals surface area contributed by atoms with Crippen molar-refractivity contribution < 1.29 is 143 Å². The molecule has 10 atom stereocenters. The van der Waals surface area contributed by atoms with Gasteiger partial charge in [-0.05, 0) is 37.5 Å². The predicted molar refractivity (Wildman–Crippen MR) is 302 cm³/mol. The molecule has 2 aliphatic rings. The van der Waals surface area contributed by atoms with E-state index in [2.05, 4.69) is 30.7 Å². The van der Waals surface area contributed by atoms with Crippen LogP contribution in [0.15, 0.2) is 12.4 Å². The molecule has 2 aromatic heterocycles. The Kier molecular flexibility index (Phi) is 34.9. The molecule has 32 nitrogen and oxygen atoms in total. The molecule has 0 unspecified atom stereocenters. The molecule has 2 heterocycles. The molecular weight excluding hydrogens is 1290 g/mol. The molecule has 0 bridgehead atoms. The number of hydrogen-bond donors (Lipinski definition) is 11. The van der Waals surface area contributed by atoms with Gasteiger partial charge in [0.1, 0.15) is 24.4 Å². The third-order valence-corrected chi connectivity index (χ3v) is 16.1. The van der Waals surface area contributed by atoms with Crippen LogP contribution >= 0.6 is 15.2 Å². The van der Waals surface area contributed by atoms with Crippen LogP contribution in [0.25, 0.3) is 0 Å². The summed E-state index contributed by atoms with van der Waals surface area (Å²) in [7, 11) is -8.66. The summed E-state index contributed by atoms with van der Waals surface area (Å²) >= 11 is 0. The van der Waals surface area contributed by atoms with Crippen molar-refractivity contribution >= 4 is 27.1 Å².